The molecule has 1 heterocycles. The van der Waals surface area contributed by atoms with Gasteiger partial charge in [-0.25, -0.2) is 0 Å². The van der Waals surface area contributed by atoms with Crippen LogP contribution in [0.1, 0.15) is 17.5 Å². The van der Waals surface area contributed by atoms with Crippen LogP contribution in [-0.4, -0.2) is 24.2 Å². The van der Waals surface area contributed by atoms with Gasteiger partial charge in [0, 0.05) is 6.54 Å². The van der Waals surface area contributed by atoms with Crippen molar-refractivity contribution in [2.75, 3.05) is 13.1 Å². The average Bonchev–Trinajstić information content (AvgIpc) is 2.67. The highest BCUT2D eigenvalue weighted by molar-refractivity contribution is 5.82. The number of carbonyl (C=O) groups is 1. The molecular formula is C12H15NO2. The van der Waals surface area contributed by atoms with Crippen molar-refractivity contribution in [1.82, 2.24) is 5.32 Å². The molecule has 0 aromatic heterocycles. The Hall–Kier alpha value is -1.35. The lowest BCUT2D eigenvalue weighted by molar-refractivity contribution is -0.143. The van der Waals surface area contributed by atoms with Gasteiger partial charge in [-0.3, -0.25) is 4.79 Å². The molecule has 3 heteroatoms. The van der Waals surface area contributed by atoms with E-state index in [1.54, 1.807) is 0 Å². The highest BCUT2D eigenvalue weighted by atomic mass is 16.4. The minimum Gasteiger partial charge on any atom is -0.481 e. The van der Waals surface area contributed by atoms with E-state index in [-0.39, 0.29) is 0 Å². The Kier molecular flexibility index (Phi) is 2.49. The number of carboxylic acid groups (broad SMARTS) is 1. The molecule has 80 valence electrons. The van der Waals surface area contributed by atoms with Crippen LogP contribution in [0.15, 0.2) is 24.3 Å². The van der Waals surface area contributed by atoms with Crippen LogP contribution in [0.3, 0.4) is 0 Å². The van der Waals surface area contributed by atoms with E-state index in [1.807, 2.05) is 31.2 Å². The molecule has 0 bridgehead atoms. The molecule has 1 atom stereocenters. The molecule has 1 aliphatic rings. The number of benzene rings is 1. The summed E-state index contributed by atoms with van der Waals surface area (Å²) in [6.45, 7) is 3.30. The molecule has 1 aliphatic heterocycles. The first-order chi connectivity index (χ1) is 7.15. The normalized spacial score (nSPS) is 25.4. The van der Waals surface area contributed by atoms with Crippen LogP contribution in [-0.2, 0) is 10.2 Å². The quantitative estimate of drug-likeness (QED) is 0.765. The van der Waals surface area contributed by atoms with Gasteiger partial charge in [-0.2, -0.15) is 0 Å². The van der Waals surface area contributed by atoms with E-state index in [0.717, 1.165) is 17.7 Å². The maximum Gasteiger partial charge on any atom is 0.315 e. The van der Waals surface area contributed by atoms with E-state index in [2.05, 4.69) is 5.32 Å². The maximum absolute atomic E-state index is 11.4. The summed E-state index contributed by atoms with van der Waals surface area (Å²) in [4.78, 5) is 11.4. The molecule has 1 unspecified atom stereocenters. The van der Waals surface area contributed by atoms with Gasteiger partial charge in [-0.1, -0.05) is 29.8 Å². The first-order valence-electron chi connectivity index (χ1n) is 5.16. The van der Waals surface area contributed by atoms with Gasteiger partial charge in [-0.15, -0.1) is 0 Å². The second-order valence-corrected chi connectivity index (χ2v) is 4.18. The van der Waals surface area contributed by atoms with Crippen molar-refractivity contribution in [3.05, 3.63) is 35.4 Å². The Morgan fingerprint density at radius 3 is 2.87 bits per heavy atom. The second kappa shape index (κ2) is 3.66. The highest BCUT2D eigenvalue weighted by Crippen LogP contribution is 2.31. The minimum atomic E-state index is -0.724. The van der Waals surface area contributed by atoms with Gasteiger partial charge in [0.1, 0.15) is 5.41 Å². The summed E-state index contributed by atoms with van der Waals surface area (Å²) in [7, 11) is 0. The average molecular weight is 205 g/mol. The summed E-state index contributed by atoms with van der Waals surface area (Å²) in [5.41, 5.74) is 1.31. The zero-order valence-electron chi connectivity index (χ0n) is 8.79. The zero-order chi connectivity index (χ0) is 10.9. The fourth-order valence-electron chi connectivity index (χ4n) is 2.19. The lowest BCUT2D eigenvalue weighted by atomic mass is 9.79. The third-order valence-corrected chi connectivity index (χ3v) is 3.14. The summed E-state index contributed by atoms with van der Waals surface area (Å²) in [5, 5.41) is 12.5. The number of hydrogen-bond acceptors (Lipinski definition) is 2. The Morgan fingerprint density at radius 2 is 2.33 bits per heavy atom. The summed E-state index contributed by atoms with van der Waals surface area (Å²) in [5.74, 6) is -0.724. The Bertz CT molecular complexity index is 381. The molecule has 2 rings (SSSR count). The number of aliphatic carboxylic acids is 1. The van der Waals surface area contributed by atoms with Crippen molar-refractivity contribution in [2.45, 2.75) is 18.8 Å². The molecule has 0 spiro atoms. The molecule has 0 aliphatic carbocycles. The van der Waals surface area contributed by atoms with Crippen LogP contribution in [0.2, 0.25) is 0 Å². The molecule has 1 saturated heterocycles. The lowest BCUT2D eigenvalue weighted by Gasteiger charge is -2.23. The molecule has 2 N–H and O–H groups in total. The number of hydrogen-bond donors (Lipinski definition) is 2. The van der Waals surface area contributed by atoms with Crippen LogP contribution in [0.25, 0.3) is 0 Å². The highest BCUT2D eigenvalue weighted by Gasteiger charge is 2.42. The predicted octanol–water partition coefficient (Wildman–Crippen LogP) is 1.31. The Morgan fingerprint density at radius 1 is 1.53 bits per heavy atom. The smallest absolute Gasteiger partial charge is 0.315 e. The first kappa shape index (κ1) is 10.2. The molecule has 0 radical (unpaired) electrons. The fraction of sp³-hybridized carbons (Fsp3) is 0.417. The lowest BCUT2D eigenvalue weighted by Crippen LogP contribution is -2.37. The fourth-order valence-corrected chi connectivity index (χ4v) is 2.19. The first-order valence-corrected chi connectivity index (χ1v) is 5.16. The van der Waals surface area contributed by atoms with Crippen molar-refractivity contribution in [2.24, 2.45) is 0 Å². The largest absolute Gasteiger partial charge is 0.481 e. The SMILES string of the molecule is Cc1cccc(C2(C(=O)O)CCNC2)c1. The summed E-state index contributed by atoms with van der Waals surface area (Å²) >= 11 is 0. The standard InChI is InChI=1S/C12H15NO2/c1-9-3-2-4-10(7-9)12(11(14)15)5-6-13-8-12/h2-4,7,13H,5-6,8H2,1H3,(H,14,15). The van der Waals surface area contributed by atoms with Gasteiger partial charge in [0.15, 0.2) is 0 Å². The summed E-state index contributed by atoms with van der Waals surface area (Å²) < 4.78 is 0. The minimum absolute atomic E-state index is 0.534. The van der Waals surface area contributed by atoms with Gasteiger partial charge in [0.25, 0.3) is 0 Å². The summed E-state index contributed by atoms with van der Waals surface area (Å²) in [6, 6.07) is 7.80. The molecule has 1 aromatic rings. The Balaban J connectivity index is 2.45. The van der Waals surface area contributed by atoms with Gasteiger partial charge >= 0.3 is 5.97 Å². The topological polar surface area (TPSA) is 49.3 Å². The molecule has 1 fully saturated rings. The maximum atomic E-state index is 11.4. The third-order valence-electron chi connectivity index (χ3n) is 3.14. The number of rotatable bonds is 2. The van der Waals surface area contributed by atoms with E-state index in [9.17, 15) is 9.90 Å². The predicted molar refractivity (Wildman–Crippen MR) is 58.0 cm³/mol. The van der Waals surface area contributed by atoms with Crippen molar-refractivity contribution in [3.63, 3.8) is 0 Å². The van der Waals surface area contributed by atoms with Crippen LogP contribution >= 0.6 is 0 Å². The molecule has 3 nitrogen and oxygen atoms in total. The molecule has 1 aromatic carbocycles. The van der Waals surface area contributed by atoms with Crippen molar-refractivity contribution in [3.8, 4) is 0 Å². The van der Waals surface area contributed by atoms with Crippen molar-refractivity contribution in [1.29, 1.82) is 0 Å². The van der Waals surface area contributed by atoms with E-state index in [1.165, 1.54) is 0 Å². The molecule has 0 saturated carbocycles. The number of nitrogens with one attached hydrogen (secondary N) is 1. The zero-order valence-corrected chi connectivity index (χ0v) is 8.79. The summed E-state index contributed by atoms with van der Waals surface area (Å²) in [6.07, 6.45) is 0.672. The van der Waals surface area contributed by atoms with Crippen molar-refractivity contribution >= 4 is 5.97 Å². The van der Waals surface area contributed by atoms with Gasteiger partial charge in [0.05, 0.1) is 0 Å². The van der Waals surface area contributed by atoms with Crippen LogP contribution in [0.5, 0.6) is 0 Å². The van der Waals surface area contributed by atoms with Gasteiger partial charge in [-0.05, 0) is 25.5 Å². The number of aryl methyl sites for hydroxylation is 1. The third kappa shape index (κ3) is 1.63. The van der Waals surface area contributed by atoms with Crippen LogP contribution < -0.4 is 5.32 Å². The van der Waals surface area contributed by atoms with Gasteiger partial charge in [0.2, 0.25) is 0 Å². The van der Waals surface area contributed by atoms with Crippen LogP contribution in [0.4, 0.5) is 0 Å². The monoisotopic (exact) mass is 205 g/mol. The number of carboxylic acids is 1. The van der Waals surface area contributed by atoms with E-state index >= 15 is 0 Å². The van der Waals surface area contributed by atoms with E-state index in [4.69, 9.17) is 0 Å². The van der Waals surface area contributed by atoms with E-state index in [0.29, 0.717) is 13.0 Å². The molecule has 15 heavy (non-hydrogen) atoms. The molecule has 0 amide bonds. The van der Waals surface area contributed by atoms with E-state index < -0.39 is 11.4 Å². The van der Waals surface area contributed by atoms with Crippen molar-refractivity contribution < 1.29 is 9.90 Å². The van der Waals surface area contributed by atoms with Gasteiger partial charge < -0.3 is 10.4 Å². The Labute approximate surface area is 89.1 Å². The van der Waals surface area contributed by atoms with Crippen LogP contribution in [0, 0.1) is 6.92 Å². The molecular weight excluding hydrogens is 190 g/mol. The second-order valence-electron chi connectivity index (χ2n) is 4.18.